The number of hydrogen-bond acceptors (Lipinski definition) is 4. The largest absolute Gasteiger partial charge is 0.399 e. The smallest absolute Gasteiger partial charge is 0.148 e. The molecule has 0 saturated heterocycles. The lowest BCUT2D eigenvalue weighted by Gasteiger charge is -2.23. The van der Waals surface area contributed by atoms with Crippen LogP contribution in [0.25, 0.3) is 27.9 Å². The molecule has 6 nitrogen and oxygen atoms in total. The van der Waals surface area contributed by atoms with Gasteiger partial charge in [-0.15, -0.1) is 0 Å². The summed E-state index contributed by atoms with van der Waals surface area (Å²) >= 11 is 0. The molecule has 0 fully saturated rings. The molecule has 1 unspecified atom stereocenters. The van der Waals surface area contributed by atoms with Gasteiger partial charge in [-0.05, 0) is 35.9 Å². The number of aromatic nitrogens is 3. The van der Waals surface area contributed by atoms with Crippen molar-refractivity contribution in [2.45, 2.75) is 12.5 Å². The Bertz CT molecular complexity index is 1220. The van der Waals surface area contributed by atoms with Gasteiger partial charge in [-0.25, -0.2) is 4.98 Å². The number of fused-ring (bicyclic) bond motifs is 2. The highest BCUT2D eigenvalue weighted by atomic mass is 16.1. The Morgan fingerprint density at radius 3 is 3.00 bits per heavy atom. The number of anilines is 1. The minimum Gasteiger partial charge on any atom is -0.399 e. The molecule has 6 heteroatoms. The molecule has 0 radical (unpaired) electrons. The van der Waals surface area contributed by atoms with Crippen molar-refractivity contribution in [3.63, 3.8) is 0 Å². The minimum atomic E-state index is -0.373. The average molecular weight is 369 g/mol. The lowest BCUT2D eigenvalue weighted by molar-refractivity contribution is -0.109. The van der Waals surface area contributed by atoms with Gasteiger partial charge in [0.15, 0.2) is 0 Å². The first-order valence-electron chi connectivity index (χ1n) is 9.13. The van der Waals surface area contributed by atoms with Crippen LogP contribution in [0.2, 0.25) is 0 Å². The molecule has 1 aromatic carbocycles. The molecular formula is C22H19N5O. The molecule has 4 heterocycles. The topological polar surface area (TPSA) is 88.7 Å². The highest BCUT2D eigenvalue weighted by Gasteiger charge is 2.23. The number of aldehydes is 1. The van der Waals surface area contributed by atoms with Crippen LogP contribution in [0.1, 0.15) is 17.3 Å². The first-order chi connectivity index (χ1) is 13.7. The molecule has 0 saturated carbocycles. The Morgan fingerprint density at radius 2 is 2.14 bits per heavy atom. The Kier molecular flexibility index (Phi) is 3.76. The van der Waals surface area contributed by atoms with E-state index in [0.717, 1.165) is 51.1 Å². The van der Waals surface area contributed by atoms with Gasteiger partial charge in [0, 0.05) is 59.1 Å². The predicted molar refractivity (Wildman–Crippen MR) is 110 cm³/mol. The van der Waals surface area contributed by atoms with E-state index in [1.54, 1.807) is 6.20 Å². The number of pyridine rings is 1. The fraction of sp³-hybridized carbons (Fsp3) is 0.0909. The zero-order valence-corrected chi connectivity index (χ0v) is 15.1. The molecule has 0 aliphatic carbocycles. The maximum absolute atomic E-state index is 11.6. The number of allylic oxidation sites excluding steroid dienone is 1. The van der Waals surface area contributed by atoms with E-state index in [0.29, 0.717) is 6.42 Å². The van der Waals surface area contributed by atoms with E-state index in [1.165, 1.54) is 0 Å². The third kappa shape index (κ3) is 2.66. The number of benzene rings is 1. The quantitative estimate of drug-likeness (QED) is 0.379. The van der Waals surface area contributed by atoms with Crippen LogP contribution in [-0.4, -0.2) is 20.8 Å². The summed E-state index contributed by atoms with van der Waals surface area (Å²) in [5, 5.41) is 4.26. The minimum absolute atomic E-state index is 0.373. The van der Waals surface area contributed by atoms with Crippen molar-refractivity contribution in [3.05, 3.63) is 78.5 Å². The highest BCUT2D eigenvalue weighted by molar-refractivity contribution is 5.94. The second kappa shape index (κ2) is 6.42. The van der Waals surface area contributed by atoms with Crippen molar-refractivity contribution >= 4 is 28.7 Å². The molecule has 0 bridgehead atoms. The Balaban J connectivity index is 1.58. The van der Waals surface area contributed by atoms with E-state index >= 15 is 0 Å². The molecule has 4 aromatic rings. The summed E-state index contributed by atoms with van der Waals surface area (Å²) in [5.74, 6) is 0. The SMILES string of the molecule is Nc1cccc(CC2=CNC(C=O)c3cc(-c4c[nH]c5ncccc45)cn32)c1. The number of H-pyrrole nitrogens is 1. The average Bonchev–Trinajstić information content (AvgIpc) is 3.33. The van der Waals surface area contributed by atoms with E-state index < -0.39 is 0 Å². The summed E-state index contributed by atoms with van der Waals surface area (Å²) in [6.45, 7) is 0. The summed E-state index contributed by atoms with van der Waals surface area (Å²) in [6.07, 6.45) is 9.37. The maximum Gasteiger partial charge on any atom is 0.148 e. The molecule has 4 N–H and O–H groups in total. The number of carbonyl (C=O) groups is 1. The zero-order valence-electron chi connectivity index (χ0n) is 15.1. The number of carbonyl (C=O) groups excluding carboxylic acids is 1. The molecule has 3 aromatic heterocycles. The van der Waals surface area contributed by atoms with Gasteiger partial charge < -0.3 is 25.4 Å². The van der Waals surface area contributed by atoms with Crippen LogP contribution in [0.15, 0.2) is 67.3 Å². The van der Waals surface area contributed by atoms with E-state index in [9.17, 15) is 4.79 Å². The monoisotopic (exact) mass is 369 g/mol. The second-order valence-corrected chi connectivity index (χ2v) is 6.96. The lowest BCUT2D eigenvalue weighted by Crippen LogP contribution is -2.26. The van der Waals surface area contributed by atoms with Gasteiger partial charge >= 0.3 is 0 Å². The van der Waals surface area contributed by atoms with Crippen molar-refractivity contribution < 1.29 is 4.79 Å². The van der Waals surface area contributed by atoms with E-state index in [1.807, 2.05) is 42.7 Å². The molecule has 0 amide bonds. The predicted octanol–water partition coefficient (Wildman–Crippen LogP) is 3.50. The fourth-order valence-corrected chi connectivity index (χ4v) is 3.81. The second-order valence-electron chi connectivity index (χ2n) is 6.96. The Labute approximate surface area is 161 Å². The van der Waals surface area contributed by atoms with Crippen LogP contribution in [0.3, 0.4) is 0 Å². The first-order valence-corrected chi connectivity index (χ1v) is 9.13. The van der Waals surface area contributed by atoms with Crippen LogP contribution in [0.4, 0.5) is 5.69 Å². The third-order valence-electron chi connectivity index (χ3n) is 5.14. The molecule has 5 rings (SSSR count). The van der Waals surface area contributed by atoms with Gasteiger partial charge in [-0.1, -0.05) is 12.1 Å². The van der Waals surface area contributed by atoms with Crippen LogP contribution < -0.4 is 11.1 Å². The van der Waals surface area contributed by atoms with Crippen LogP contribution in [0, 0.1) is 0 Å². The molecule has 1 aliphatic heterocycles. The first kappa shape index (κ1) is 16.4. The van der Waals surface area contributed by atoms with Crippen LogP contribution >= 0.6 is 0 Å². The van der Waals surface area contributed by atoms with E-state index in [4.69, 9.17) is 5.73 Å². The van der Waals surface area contributed by atoms with Crippen molar-refractivity contribution in [2.24, 2.45) is 0 Å². The zero-order chi connectivity index (χ0) is 19.1. The summed E-state index contributed by atoms with van der Waals surface area (Å²) in [5.41, 5.74) is 12.7. The number of nitrogens with two attached hydrogens (primary N) is 1. The van der Waals surface area contributed by atoms with Crippen molar-refractivity contribution in [1.82, 2.24) is 19.9 Å². The van der Waals surface area contributed by atoms with Gasteiger partial charge in [0.25, 0.3) is 0 Å². The van der Waals surface area contributed by atoms with Gasteiger partial charge in [0.05, 0.1) is 5.69 Å². The molecule has 1 aliphatic rings. The van der Waals surface area contributed by atoms with Gasteiger partial charge in [0.1, 0.15) is 18.0 Å². The van der Waals surface area contributed by atoms with Gasteiger partial charge in [-0.2, -0.15) is 0 Å². The molecular weight excluding hydrogens is 350 g/mol. The summed E-state index contributed by atoms with van der Waals surface area (Å²) < 4.78 is 2.10. The van der Waals surface area contributed by atoms with E-state index in [-0.39, 0.29) is 6.04 Å². The van der Waals surface area contributed by atoms with E-state index in [2.05, 4.69) is 38.2 Å². The van der Waals surface area contributed by atoms with Gasteiger partial charge in [0.2, 0.25) is 0 Å². The summed E-state index contributed by atoms with van der Waals surface area (Å²) in [4.78, 5) is 19.2. The summed E-state index contributed by atoms with van der Waals surface area (Å²) in [7, 11) is 0. The molecule has 28 heavy (non-hydrogen) atoms. The number of hydrogen-bond donors (Lipinski definition) is 3. The molecule has 0 spiro atoms. The normalized spacial score (nSPS) is 15.7. The Morgan fingerprint density at radius 1 is 1.21 bits per heavy atom. The van der Waals surface area contributed by atoms with Crippen molar-refractivity contribution in [3.8, 4) is 11.1 Å². The maximum atomic E-state index is 11.6. The number of rotatable bonds is 4. The highest BCUT2D eigenvalue weighted by Crippen LogP contribution is 2.34. The van der Waals surface area contributed by atoms with Crippen molar-refractivity contribution in [1.29, 1.82) is 0 Å². The standard InChI is InChI=1S/C22H19N5O/c23-16-4-1-3-14(7-16)8-17-10-25-20(13-28)21-9-15(12-27(17)21)19-11-26-22-18(19)5-2-6-24-22/h1-7,9-13,20,25H,8,23H2,(H,24,26). The molecule has 138 valence electrons. The number of nitrogen functional groups attached to an aromatic ring is 1. The number of nitrogens with one attached hydrogen (secondary N) is 2. The van der Waals surface area contributed by atoms with Crippen LogP contribution in [0.5, 0.6) is 0 Å². The number of nitrogens with zero attached hydrogens (tertiary/aromatic N) is 2. The van der Waals surface area contributed by atoms with Crippen molar-refractivity contribution in [2.75, 3.05) is 5.73 Å². The third-order valence-corrected chi connectivity index (χ3v) is 5.14. The number of aromatic amines is 1. The Hall–Kier alpha value is -3.80. The lowest BCUT2D eigenvalue weighted by atomic mass is 10.1. The fourth-order valence-electron chi connectivity index (χ4n) is 3.81. The van der Waals surface area contributed by atoms with Gasteiger partial charge in [-0.3, -0.25) is 0 Å². The summed E-state index contributed by atoms with van der Waals surface area (Å²) in [6, 6.07) is 13.5. The van der Waals surface area contributed by atoms with Crippen LogP contribution in [-0.2, 0) is 11.2 Å². The molecule has 1 atom stereocenters.